The quantitative estimate of drug-likeness (QED) is 0.828. The van der Waals surface area contributed by atoms with Crippen LogP contribution in [0.4, 0.5) is 0 Å². The number of carbonyl (C=O) groups is 3. The van der Waals surface area contributed by atoms with E-state index >= 15 is 0 Å². The lowest BCUT2D eigenvalue weighted by Crippen LogP contribution is -2.45. The summed E-state index contributed by atoms with van der Waals surface area (Å²) < 4.78 is 0. The molecule has 1 heterocycles. The zero-order valence-electron chi connectivity index (χ0n) is 13.2. The predicted molar refractivity (Wildman–Crippen MR) is 85.1 cm³/mol. The van der Waals surface area contributed by atoms with Crippen LogP contribution < -0.4 is 5.32 Å². The molecule has 1 aliphatic heterocycles. The fraction of sp³-hybridized carbons (Fsp3) is 0.471. The van der Waals surface area contributed by atoms with E-state index in [0.717, 1.165) is 5.56 Å². The number of benzene rings is 1. The largest absolute Gasteiger partial charge is 0.478 e. The summed E-state index contributed by atoms with van der Waals surface area (Å²) in [4.78, 5) is 36.3. The second-order valence-electron chi connectivity index (χ2n) is 5.71. The van der Waals surface area contributed by atoms with Crippen LogP contribution in [0.15, 0.2) is 24.3 Å². The Morgan fingerprint density at radius 1 is 1.30 bits per heavy atom. The van der Waals surface area contributed by atoms with Crippen molar-refractivity contribution in [2.24, 2.45) is 5.92 Å². The summed E-state index contributed by atoms with van der Waals surface area (Å²) >= 11 is 0. The first-order chi connectivity index (χ1) is 11.0. The molecular weight excluding hydrogens is 296 g/mol. The first-order valence-electron chi connectivity index (χ1n) is 7.89. The lowest BCUT2D eigenvalue weighted by molar-refractivity contribution is -0.138. The minimum Gasteiger partial charge on any atom is -0.478 e. The van der Waals surface area contributed by atoms with Crippen molar-refractivity contribution in [2.75, 3.05) is 19.6 Å². The first-order valence-corrected chi connectivity index (χ1v) is 7.89. The van der Waals surface area contributed by atoms with Gasteiger partial charge in [-0.3, -0.25) is 9.59 Å². The molecule has 1 atom stereocenters. The summed E-state index contributed by atoms with van der Waals surface area (Å²) in [7, 11) is 0. The summed E-state index contributed by atoms with van der Waals surface area (Å²) in [6.45, 7) is 3.55. The van der Waals surface area contributed by atoms with Gasteiger partial charge in [0.05, 0.1) is 11.5 Å². The van der Waals surface area contributed by atoms with Gasteiger partial charge in [0.15, 0.2) is 0 Å². The number of nitrogens with one attached hydrogen (secondary N) is 1. The third-order valence-corrected chi connectivity index (χ3v) is 4.17. The molecule has 1 aliphatic rings. The first kappa shape index (κ1) is 17.0. The highest BCUT2D eigenvalue weighted by atomic mass is 16.4. The van der Waals surface area contributed by atoms with E-state index in [2.05, 4.69) is 5.32 Å². The van der Waals surface area contributed by atoms with Crippen LogP contribution in [0.25, 0.3) is 0 Å². The average Bonchev–Trinajstić information content (AvgIpc) is 2.55. The van der Waals surface area contributed by atoms with Crippen LogP contribution in [-0.4, -0.2) is 47.4 Å². The van der Waals surface area contributed by atoms with Gasteiger partial charge in [-0.05, 0) is 37.5 Å². The van der Waals surface area contributed by atoms with E-state index in [1.807, 2.05) is 6.92 Å². The number of amides is 2. The fourth-order valence-corrected chi connectivity index (χ4v) is 2.72. The van der Waals surface area contributed by atoms with E-state index in [1.165, 1.54) is 0 Å². The smallest absolute Gasteiger partial charge is 0.335 e. The molecule has 6 nitrogen and oxygen atoms in total. The highest BCUT2D eigenvalue weighted by Crippen LogP contribution is 2.17. The normalized spacial score (nSPS) is 17.9. The molecule has 1 fully saturated rings. The fourth-order valence-electron chi connectivity index (χ4n) is 2.72. The molecule has 23 heavy (non-hydrogen) atoms. The molecule has 0 saturated carbocycles. The van der Waals surface area contributed by atoms with Gasteiger partial charge in [-0.15, -0.1) is 0 Å². The van der Waals surface area contributed by atoms with Crippen molar-refractivity contribution in [1.29, 1.82) is 0 Å². The van der Waals surface area contributed by atoms with Gasteiger partial charge in [0, 0.05) is 26.1 Å². The number of carbonyl (C=O) groups excluding carboxylic acids is 2. The van der Waals surface area contributed by atoms with E-state index in [-0.39, 0.29) is 23.3 Å². The molecule has 1 saturated heterocycles. The second kappa shape index (κ2) is 7.76. The summed E-state index contributed by atoms with van der Waals surface area (Å²) in [5.74, 6) is -0.979. The Kier molecular flexibility index (Phi) is 5.73. The average molecular weight is 318 g/mol. The van der Waals surface area contributed by atoms with Crippen molar-refractivity contribution in [1.82, 2.24) is 10.2 Å². The van der Waals surface area contributed by atoms with Crippen molar-refractivity contribution >= 4 is 17.8 Å². The Morgan fingerprint density at radius 2 is 2.00 bits per heavy atom. The summed E-state index contributed by atoms with van der Waals surface area (Å²) in [6.07, 6.45) is 1.69. The van der Waals surface area contributed by atoms with Crippen molar-refractivity contribution < 1.29 is 19.5 Å². The number of likely N-dealkylation sites (tertiary alicyclic amines) is 1. The molecular formula is C17H22N2O4. The number of hydrogen-bond acceptors (Lipinski definition) is 3. The van der Waals surface area contributed by atoms with E-state index in [4.69, 9.17) is 5.11 Å². The molecule has 1 aromatic rings. The Labute approximate surface area is 135 Å². The highest BCUT2D eigenvalue weighted by molar-refractivity contribution is 5.87. The summed E-state index contributed by atoms with van der Waals surface area (Å²) in [6, 6.07) is 6.64. The zero-order chi connectivity index (χ0) is 16.8. The molecule has 0 spiro atoms. The molecule has 0 unspecified atom stereocenters. The number of rotatable bonds is 6. The van der Waals surface area contributed by atoms with Crippen LogP contribution in [0.3, 0.4) is 0 Å². The lowest BCUT2D eigenvalue weighted by Gasteiger charge is -2.31. The van der Waals surface area contributed by atoms with Gasteiger partial charge in [-0.1, -0.05) is 12.1 Å². The van der Waals surface area contributed by atoms with Gasteiger partial charge in [0.2, 0.25) is 11.8 Å². The Morgan fingerprint density at radius 3 is 2.61 bits per heavy atom. The maximum absolute atomic E-state index is 12.2. The van der Waals surface area contributed by atoms with Crippen LogP contribution in [0.2, 0.25) is 0 Å². The number of hydrogen-bond donors (Lipinski definition) is 2. The lowest BCUT2D eigenvalue weighted by atomic mass is 9.96. The second-order valence-corrected chi connectivity index (χ2v) is 5.71. The van der Waals surface area contributed by atoms with Gasteiger partial charge >= 0.3 is 5.97 Å². The number of aromatic carboxylic acids is 1. The van der Waals surface area contributed by atoms with E-state index < -0.39 is 5.97 Å². The molecule has 0 aromatic heterocycles. The van der Waals surface area contributed by atoms with Gasteiger partial charge in [0.25, 0.3) is 0 Å². The summed E-state index contributed by atoms with van der Waals surface area (Å²) in [5.41, 5.74) is 1.23. The Hall–Kier alpha value is -2.37. The molecule has 0 bridgehead atoms. The van der Waals surface area contributed by atoms with Gasteiger partial charge < -0.3 is 15.3 Å². The van der Waals surface area contributed by atoms with Crippen molar-refractivity contribution in [3.8, 4) is 0 Å². The highest BCUT2D eigenvalue weighted by Gasteiger charge is 2.28. The van der Waals surface area contributed by atoms with Gasteiger partial charge in [0.1, 0.15) is 0 Å². The Balaban J connectivity index is 1.78. The van der Waals surface area contributed by atoms with Crippen LogP contribution in [0, 0.1) is 5.92 Å². The minimum absolute atomic E-state index is 0.0156. The van der Waals surface area contributed by atoms with Crippen LogP contribution in [0.1, 0.15) is 35.7 Å². The molecule has 2 amide bonds. The number of carboxylic acid groups (broad SMARTS) is 1. The standard InChI is InChI=1S/C17H22N2O4/c1-2-19-11-14(7-8-15(19)20)16(21)18-10-9-12-3-5-13(6-4-12)17(22)23/h3-6,14H,2,7-11H2,1H3,(H,18,21)(H,22,23)/t14-/m1/s1. The SMILES string of the molecule is CCN1C[C@H](C(=O)NCCc2ccc(C(=O)O)cc2)CCC1=O. The maximum Gasteiger partial charge on any atom is 0.335 e. The monoisotopic (exact) mass is 318 g/mol. The predicted octanol–water partition coefficient (Wildman–Crippen LogP) is 1.30. The third kappa shape index (κ3) is 4.55. The molecule has 2 rings (SSSR count). The van der Waals surface area contributed by atoms with Crippen LogP contribution >= 0.6 is 0 Å². The molecule has 0 aliphatic carbocycles. The van der Waals surface area contributed by atoms with E-state index in [9.17, 15) is 14.4 Å². The number of nitrogens with zero attached hydrogens (tertiary/aromatic N) is 1. The van der Waals surface area contributed by atoms with E-state index in [1.54, 1.807) is 29.2 Å². The molecule has 2 N–H and O–H groups in total. The van der Waals surface area contributed by atoms with Crippen molar-refractivity contribution in [3.63, 3.8) is 0 Å². The zero-order valence-corrected chi connectivity index (χ0v) is 13.2. The molecule has 6 heteroatoms. The summed E-state index contributed by atoms with van der Waals surface area (Å²) in [5, 5.41) is 11.7. The van der Waals surface area contributed by atoms with Crippen LogP contribution in [0.5, 0.6) is 0 Å². The molecule has 124 valence electrons. The molecule has 0 radical (unpaired) electrons. The van der Waals surface area contributed by atoms with E-state index in [0.29, 0.717) is 38.9 Å². The van der Waals surface area contributed by atoms with Crippen LogP contribution in [-0.2, 0) is 16.0 Å². The maximum atomic E-state index is 12.2. The minimum atomic E-state index is -0.947. The third-order valence-electron chi connectivity index (χ3n) is 4.17. The Bertz CT molecular complexity index is 583. The topological polar surface area (TPSA) is 86.7 Å². The van der Waals surface area contributed by atoms with Crippen molar-refractivity contribution in [3.05, 3.63) is 35.4 Å². The van der Waals surface area contributed by atoms with Gasteiger partial charge in [-0.25, -0.2) is 4.79 Å². The number of carboxylic acids is 1. The molecule has 1 aromatic carbocycles. The van der Waals surface area contributed by atoms with Gasteiger partial charge in [-0.2, -0.15) is 0 Å². The number of piperidine rings is 1. The van der Waals surface area contributed by atoms with Crippen molar-refractivity contribution in [2.45, 2.75) is 26.2 Å².